The van der Waals surface area contributed by atoms with Crippen LogP contribution in [0.1, 0.15) is 38.5 Å². The van der Waals surface area contributed by atoms with Crippen LogP contribution in [0.4, 0.5) is 11.4 Å². The second kappa shape index (κ2) is 9.06. The van der Waals surface area contributed by atoms with Gasteiger partial charge in [-0.15, -0.1) is 0 Å². The highest BCUT2D eigenvalue weighted by atomic mass is 16.6. The third kappa shape index (κ3) is 3.42. The molecule has 4 aliphatic rings. The van der Waals surface area contributed by atoms with Crippen LogP contribution in [0.2, 0.25) is 0 Å². The minimum atomic E-state index is -1.14. The molecule has 4 aromatic rings. The molecular formula is C32H22N4O5. The molecule has 0 aromatic heterocycles. The highest BCUT2D eigenvalue weighted by Gasteiger charge is 2.68. The van der Waals surface area contributed by atoms with Crippen LogP contribution >= 0.6 is 0 Å². The first kappa shape index (κ1) is 24.6. The summed E-state index contributed by atoms with van der Waals surface area (Å²) in [4.78, 5) is 53.2. The number of nitro benzene ring substituents is 1. The molecule has 9 nitrogen and oxygen atoms in total. The van der Waals surface area contributed by atoms with Crippen LogP contribution in [-0.2, 0) is 15.0 Å². The van der Waals surface area contributed by atoms with Crippen molar-refractivity contribution in [3.8, 4) is 0 Å². The molecule has 0 saturated carbocycles. The largest absolute Gasteiger partial charge is 0.274 e. The number of imide groups is 1. The van der Waals surface area contributed by atoms with E-state index in [1.165, 1.54) is 29.2 Å². The van der Waals surface area contributed by atoms with Gasteiger partial charge in [0.25, 0.3) is 11.6 Å². The van der Waals surface area contributed by atoms with Crippen molar-refractivity contribution in [3.05, 3.63) is 141 Å². The Hall–Kier alpha value is -5.44. The van der Waals surface area contributed by atoms with E-state index in [1.54, 1.807) is 30.5 Å². The number of carbonyl (C=O) groups excluding carboxylic acids is 3. The zero-order valence-electron chi connectivity index (χ0n) is 21.5. The third-order valence-electron chi connectivity index (χ3n) is 8.45. The average molecular weight is 543 g/mol. The average Bonchev–Trinajstić information content (AvgIpc) is 3.28. The SMILES string of the molecule is O=C(N/N=C\C12c3ccccc3C(c3ccccc31)[C@H]1C(=O)N(c3ccccc3)C(=O)[C@H]12)c1cccc([N+](=O)[O-])c1. The van der Waals surface area contributed by atoms with Crippen molar-refractivity contribution in [2.45, 2.75) is 11.3 Å². The number of carbonyl (C=O) groups is 3. The maximum Gasteiger partial charge on any atom is 0.271 e. The van der Waals surface area contributed by atoms with E-state index >= 15 is 0 Å². The van der Waals surface area contributed by atoms with E-state index in [9.17, 15) is 24.5 Å². The molecule has 200 valence electrons. The molecule has 1 saturated heterocycles. The molecule has 3 amide bonds. The van der Waals surface area contributed by atoms with E-state index in [0.717, 1.165) is 22.3 Å². The lowest BCUT2D eigenvalue weighted by atomic mass is 9.47. The quantitative estimate of drug-likeness (QED) is 0.171. The Morgan fingerprint density at radius 2 is 1.49 bits per heavy atom. The monoisotopic (exact) mass is 542 g/mol. The summed E-state index contributed by atoms with van der Waals surface area (Å²) in [6.45, 7) is 0. The van der Waals surface area contributed by atoms with Crippen LogP contribution in [-0.4, -0.2) is 28.9 Å². The number of nitrogens with zero attached hydrogens (tertiary/aromatic N) is 3. The number of hydrogen-bond donors (Lipinski definition) is 1. The summed E-state index contributed by atoms with van der Waals surface area (Å²) in [5.74, 6) is -2.99. The number of amides is 3. The molecule has 1 aliphatic heterocycles. The van der Waals surface area contributed by atoms with Crippen molar-refractivity contribution in [1.82, 2.24) is 5.43 Å². The third-order valence-corrected chi connectivity index (χ3v) is 8.45. The molecule has 2 atom stereocenters. The molecule has 1 N–H and O–H groups in total. The fraction of sp³-hybridized carbons (Fsp3) is 0.125. The lowest BCUT2D eigenvalue weighted by Crippen LogP contribution is -2.54. The van der Waals surface area contributed by atoms with Crippen LogP contribution in [0.15, 0.2) is 108 Å². The molecule has 0 unspecified atom stereocenters. The van der Waals surface area contributed by atoms with Gasteiger partial charge in [-0.25, -0.2) is 10.3 Å². The molecular weight excluding hydrogens is 520 g/mol. The van der Waals surface area contributed by atoms with Gasteiger partial charge >= 0.3 is 0 Å². The molecule has 3 aliphatic carbocycles. The topological polar surface area (TPSA) is 122 Å². The van der Waals surface area contributed by atoms with Crippen molar-refractivity contribution in [2.75, 3.05) is 4.90 Å². The number of nitro groups is 1. The van der Waals surface area contributed by atoms with Gasteiger partial charge in [-0.05, 0) is 40.5 Å². The minimum absolute atomic E-state index is 0.0715. The van der Waals surface area contributed by atoms with E-state index in [-0.39, 0.29) is 29.0 Å². The van der Waals surface area contributed by atoms with Crippen molar-refractivity contribution >= 4 is 35.3 Å². The molecule has 0 radical (unpaired) electrons. The molecule has 1 fully saturated rings. The molecule has 1 heterocycles. The van der Waals surface area contributed by atoms with Crippen molar-refractivity contribution in [1.29, 1.82) is 0 Å². The first-order valence-electron chi connectivity index (χ1n) is 13.1. The Morgan fingerprint density at radius 3 is 2.15 bits per heavy atom. The molecule has 4 aromatic carbocycles. The fourth-order valence-electron chi connectivity index (χ4n) is 6.90. The molecule has 2 bridgehead atoms. The van der Waals surface area contributed by atoms with E-state index in [0.29, 0.717) is 5.69 Å². The Balaban J connectivity index is 1.38. The first-order valence-corrected chi connectivity index (χ1v) is 13.1. The molecule has 41 heavy (non-hydrogen) atoms. The highest BCUT2D eigenvalue weighted by Crippen LogP contribution is 2.63. The number of anilines is 1. The Labute approximate surface area is 234 Å². The van der Waals surface area contributed by atoms with Crippen molar-refractivity contribution in [3.63, 3.8) is 0 Å². The van der Waals surface area contributed by atoms with Crippen LogP contribution in [0.3, 0.4) is 0 Å². The predicted molar refractivity (Wildman–Crippen MR) is 150 cm³/mol. The van der Waals surface area contributed by atoms with Crippen LogP contribution < -0.4 is 10.3 Å². The normalized spacial score (nSPS) is 23.7. The van der Waals surface area contributed by atoms with Gasteiger partial charge in [0.2, 0.25) is 11.8 Å². The lowest BCUT2D eigenvalue weighted by Gasteiger charge is -2.52. The van der Waals surface area contributed by atoms with E-state index in [1.807, 2.05) is 54.6 Å². The number of non-ortho nitro benzene ring substituents is 1. The Bertz CT molecular complexity index is 1750. The summed E-state index contributed by atoms with van der Waals surface area (Å²) in [5, 5.41) is 15.5. The summed E-state index contributed by atoms with van der Waals surface area (Å²) in [5.41, 5.74) is 5.32. The highest BCUT2D eigenvalue weighted by molar-refractivity contribution is 6.25. The van der Waals surface area contributed by atoms with Crippen LogP contribution in [0.5, 0.6) is 0 Å². The van der Waals surface area contributed by atoms with E-state index in [4.69, 9.17) is 0 Å². The zero-order valence-corrected chi connectivity index (χ0v) is 21.5. The smallest absolute Gasteiger partial charge is 0.271 e. The Morgan fingerprint density at radius 1 is 0.854 bits per heavy atom. The number of benzene rings is 4. The lowest BCUT2D eigenvalue weighted by molar-refractivity contribution is -0.384. The minimum Gasteiger partial charge on any atom is -0.274 e. The van der Waals surface area contributed by atoms with Crippen molar-refractivity contribution in [2.24, 2.45) is 16.9 Å². The van der Waals surface area contributed by atoms with Crippen LogP contribution in [0, 0.1) is 22.0 Å². The van der Waals surface area contributed by atoms with Gasteiger partial charge in [-0.2, -0.15) is 5.10 Å². The number of hydrogen-bond acceptors (Lipinski definition) is 6. The van der Waals surface area contributed by atoms with Gasteiger partial charge in [0.15, 0.2) is 0 Å². The fourth-order valence-corrected chi connectivity index (χ4v) is 6.90. The number of hydrazone groups is 1. The standard InChI is InChI=1S/C32H22N4O5/c37-29(19-9-8-12-21(17-19)36(40)41)34-33-18-32-24-15-6-4-13-22(24)26(23-14-5-7-16-25(23)32)27-28(32)31(39)35(30(27)38)20-10-2-1-3-11-20/h1-18,26-28H,(H,34,37)/b33-18-/t26?,27-,28+,32?/m1/s1. The molecule has 9 heteroatoms. The summed E-state index contributed by atoms with van der Waals surface area (Å²) < 4.78 is 0. The zero-order chi connectivity index (χ0) is 28.3. The van der Waals surface area contributed by atoms with E-state index in [2.05, 4.69) is 10.5 Å². The summed E-state index contributed by atoms with van der Waals surface area (Å²) in [6.07, 6.45) is 1.56. The maximum atomic E-state index is 14.3. The van der Waals surface area contributed by atoms with Crippen LogP contribution in [0.25, 0.3) is 0 Å². The summed E-state index contributed by atoms with van der Waals surface area (Å²) in [6, 6.07) is 29.8. The van der Waals surface area contributed by atoms with Crippen molar-refractivity contribution < 1.29 is 19.3 Å². The first-order chi connectivity index (χ1) is 19.9. The number of nitrogens with one attached hydrogen (secondary N) is 1. The van der Waals surface area contributed by atoms with Gasteiger partial charge in [0.05, 0.1) is 27.9 Å². The van der Waals surface area contributed by atoms with Gasteiger partial charge in [-0.1, -0.05) is 72.8 Å². The van der Waals surface area contributed by atoms with Gasteiger partial charge in [0, 0.05) is 29.8 Å². The summed E-state index contributed by atoms with van der Waals surface area (Å²) in [7, 11) is 0. The van der Waals surface area contributed by atoms with E-state index < -0.39 is 28.1 Å². The maximum absolute atomic E-state index is 14.3. The number of rotatable bonds is 5. The summed E-state index contributed by atoms with van der Waals surface area (Å²) >= 11 is 0. The second-order valence-electron chi connectivity index (χ2n) is 10.4. The van der Waals surface area contributed by atoms with Gasteiger partial charge in [0.1, 0.15) is 0 Å². The van der Waals surface area contributed by atoms with Gasteiger partial charge < -0.3 is 0 Å². The van der Waals surface area contributed by atoms with Gasteiger partial charge in [-0.3, -0.25) is 24.5 Å². The Kier molecular flexibility index (Phi) is 5.43. The number of para-hydroxylation sites is 1. The molecule has 0 spiro atoms. The predicted octanol–water partition coefficient (Wildman–Crippen LogP) is 4.56. The molecule has 8 rings (SSSR count). The second-order valence-corrected chi connectivity index (χ2v) is 10.4.